The van der Waals surface area contributed by atoms with Gasteiger partial charge in [0, 0.05) is 42.0 Å². The van der Waals surface area contributed by atoms with Crippen LogP contribution in [0.5, 0.6) is 0 Å². The molecular weight excluding hydrogens is 280 g/mol. The van der Waals surface area contributed by atoms with E-state index in [1.807, 2.05) is 12.3 Å². The molecule has 0 radical (unpaired) electrons. The van der Waals surface area contributed by atoms with E-state index in [-0.39, 0.29) is 5.56 Å². The zero-order valence-corrected chi connectivity index (χ0v) is 12.8. The number of aromatic nitrogens is 1. The molecule has 1 aliphatic rings. The number of rotatable bonds is 7. The largest absolute Gasteiger partial charge is 0.315 e. The van der Waals surface area contributed by atoms with Crippen LogP contribution in [0.3, 0.4) is 0 Å². The summed E-state index contributed by atoms with van der Waals surface area (Å²) in [6, 6.07) is 14.7. The van der Waals surface area contributed by atoms with E-state index in [1.54, 1.807) is 28.5 Å². The van der Waals surface area contributed by atoms with Gasteiger partial charge in [0.05, 0.1) is 0 Å². The van der Waals surface area contributed by atoms with Crippen molar-refractivity contribution in [2.75, 3.05) is 5.75 Å². The summed E-state index contributed by atoms with van der Waals surface area (Å²) in [6.45, 7) is 1.71. The molecule has 1 fully saturated rings. The van der Waals surface area contributed by atoms with E-state index < -0.39 is 0 Å². The number of pyridine rings is 1. The topological polar surface area (TPSA) is 34.0 Å². The van der Waals surface area contributed by atoms with Gasteiger partial charge in [-0.05, 0) is 36.6 Å². The third-order valence-corrected chi connectivity index (χ3v) is 4.59. The van der Waals surface area contributed by atoms with E-state index in [2.05, 4.69) is 29.6 Å². The summed E-state index contributed by atoms with van der Waals surface area (Å²) in [5.74, 6) is 0.906. The van der Waals surface area contributed by atoms with Gasteiger partial charge in [0.2, 0.25) is 0 Å². The van der Waals surface area contributed by atoms with Gasteiger partial charge in [0.1, 0.15) is 0 Å². The van der Waals surface area contributed by atoms with E-state index in [0.29, 0.717) is 0 Å². The van der Waals surface area contributed by atoms with Gasteiger partial charge < -0.3 is 9.88 Å². The molecule has 3 nitrogen and oxygen atoms in total. The van der Waals surface area contributed by atoms with Gasteiger partial charge in [-0.15, -0.1) is 11.8 Å². The third kappa shape index (κ3) is 4.48. The van der Waals surface area contributed by atoms with Gasteiger partial charge in [0.25, 0.3) is 5.56 Å². The number of nitrogens with zero attached hydrogens (tertiary/aromatic N) is 1. The average Bonchev–Trinajstić information content (AvgIpc) is 3.33. The molecule has 110 valence electrons. The molecule has 2 aromatic rings. The predicted octanol–water partition coefficient (Wildman–Crippen LogP) is 2.89. The molecule has 0 aliphatic heterocycles. The lowest BCUT2D eigenvalue weighted by atomic mass is 10.2. The Morgan fingerprint density at radius 2 is 1.95 bits per heavy atom. The molecule has 1 N–H and O–H groups in total. The quantitative estimate of drug-likeness (QED) is 0.798. The molecule has 0 spiro atoms. The Balaban J connectivity index is 1.46. The maximum absolute atomic E-state index is 11.6. The second kappa shape index (κ2) is 6.96. The smallest absolute Gasteiger partial charge is 0.250 e. The fraction of sp³-hybridized carbons (Fsp3) is 0.353. The van der Waals surface area contributed by atoms with Crippen LogP contribution in [0.4, 0.5) is 0 Å². The third-order valence-electron chi connectivity index (χ3n) is 3.60. The highest BCUT2D eigenvalue weighted by atomic mass is 32.2. The van der Waals surface area contributed by atoms with Gasteiger partial charge in [-0.1, -0.05) is 18.2 Å². The van der Waals surface area contributed by atoms with E-state index in [1.165, 1.54) is 23.3 Å². The fourth-order valence-corrected chi connectivity index (χ4v) is 3.01. The Kier molecular flexibility index (Phi) is 4.78. The molecule has 1 heterocycles. The molecule has 1 aromatic heterocycles. The summed E-state index contributed by atoms with van der Waals surface area (Å²) in [5, 5.41) is 3.52. The summed E-state index contributed by atoms with van der Waals surface area (Å²) in [5.41, 5.74) is 1.41. The lowest BCUT2D eigenvalue weighted by Crippen LogP contribution is -2.18. The van der Waals surface area contributed by atoms with Crippen LogP contribution >= 0.6 is 11.8 Å². The molecule has 3 rings (SSSR count). The highest BCUT2D eigenvalue weighted by Gasteiger charge is 2.19. The Morgan fingerprint density at radius 3 is 2.67 bits per heavy atom. The predicted molar refractivity (Wildman–Crippen MR) is 87.7 cm³/mol. The zero-order chi connectivity index (χ0) is 14.5. The Hall–Kier alpha value is -1.52. The van der Waals surface area contributed by atoms with Crippen LogP contribution in [0.1, 0.15) is 18.4 Å². The van der Waals surface area contributed by atoms with Crippen molar-refractivity contribution >= 4 is 11.8 Å². The van der Waals surface area contributed by atoms with Crippen molar-refractivity contribution in [1.29, 1.82) is 0 Å². The van der Waals surface area contributed by atoms with Crippen molar-refractivity contribution in [3.63, 3.8) is 0 Å². The molecular formula is C17H20N2OS. The van der Waals surface area contributed by atoms with Gasteiger partial charge >= 0.3 is 0 Å². The minimum atomic E-state index is 0.0691. The monoisotopic (exact) mass is 300 g/mol. The molecule has 0 unspecified atom stereocenters. The maximum atomic E-state index is 11.6. The van der Waals surface area contributed by atoms with E-state index in [4.69, 9.17) is 0 Å². The van der Waals surface area contributed by atoms with Crippen LogP contribution in [0.25, 0.3) is 0 Å². The van der Waals surface area contributed by atoms with E-state index >= 15 is 0 Å². The van der Waals surface area contributed by atoms with Gasteiger partial charge in [-0.25, -0.2) is 0 Å². The molecule has 4 heteroatoms. The number of nitrogens with one attached hydrogen (secondary N) is 1. The molecule has 1 aliphatic carbocycles. The van der Waals surface area contributed by atoms with Crippen molar-refractivity contribution in [3.8, 4) is 0 Å². The van der Waals surface area contributed by atoms with Crippen molar-refractivity contribution in [1.82, 2.24) is 9.88 Å². The minimum Gasteiger partial charge on any atom is -0.315 e. The summed E-state index contributed by atoms with van der Waals surface area (Å²) in [6.07, 6.45) is 4.50. The first-order valence-electron chi connectivity index (χ1n) is 7.42. The Labute approximate surface area is 129 Å². The van der Waals surface area contributed by atoms with Gasteiger partial charge in [-0.3, -0.25) is 4.79 Å². The number of benzene rings is 1. The van der Waals surface area contributed by atoms with Crippen LogP contribution < -0.4 is 10.9 Å². The molecule has 0 amide bonds. The first-order chi connectivity index (χ1) is 10.3. The Morgan fingerprint density at radius 1 is 1.14 bits per heavy atom. The molecule has 0 bridgehead atoms. The summed E-state index contributed by atoms with van der Waals surface area (Å²) in [4.78, 5) is 12.8. The van der Waals surface area contributed by atoms with Gasteiger partial charge in [-0.2, -0.15) is 0 Å². The maximum Gasteiger partial charge on any atom is 0.250 e. The Bertz CT molecular complexity index is 632. The zero-order valence-electron chi connectivity index (χ0n) is 12.0. The normalized spacial score (nSPS) is 14.3. The second-order valence-corrected chi connectivity index (χ2v) is 6.55. The van der Waals surface area contributed by atoms with Crippen molar-refractivity contribution in [3.05, 3.63) is 64.6 Å². The minimum absolute atomic E-state index is 0.0691. The highest BCUT2D eigenvalue weighted by Crippen LogP contribution is 2.21. The first kappa shape index (κ1) is 14.4. The number of thioether (sulfide) groups is 1. The van der Waals surface area contributed by atoms with Crippen LogP contribution in [-0.2, 0) is 13.1 Å². The molecule has 1 aromatic carbocycles. The number of hydrogen-bond donors (Lipinski definition) is 1. The molecule has 21 heavy (non-hydrogen) atoms. The summed E-state index contributed by atoms with van der Waals surface area (Å²) < 4.78 is 1.75. The van der Waals surface area contributed by atoms with E-state index in [9.17, 15) is 4.79 Å². The first-order valence-corrected chi connectivity index (χ1v) is 8.40. The number of aryl methyl sites for hydroxylation is 1. The summed E-state index contributed by atoms with van der Waals surface area (Å²) >= 11 is 1.79. The van der Waals surface area contributed by atoms with Crippen LogP contribution in [0, 0.1) is 0 Å². The highest BCUT2D eigenvalue weighted by molar-refractivity contribution is 7.99. The SMILES string of the molecule is O=c1ccccn1CCSc1ccc(CNC2CC2)cc1. The van der Waals surface area contributed by atoms with Crippen LogP contribution in [-0.4, -0.2) is 16.4 Å². The average molecular weight is 300 g/mol. The summed E-state index contributed by atoms with van der Waals surface area (Å²) in [7, 11) is 0. The lowest BCUT2D eigenvalue weighted by Gasteiger charge is -2.06. The molecule has 1 saturated carbocycles. The molecule has 0 atom stereocenters. The fourth-order valence-electron chi connectivity index (χ4n) is 2.16. The second-order valence-electron chi connectivity index (χ2n) is 5.38. The van der Waals surface area contributed by atoms with Gasteiger partial charge in [0.15, 0.2) is 0 Å². The van der Waals surface area contributed by atoms with E-state index in [0.717, 1.165) is 24.9 Å². The van der Waals surface area contributed by atoms with Crippen molar-refractivity contribution < 1.29 is 0 Å². The van der Waals surface area contributed by atoms with Crippen LogP contribution in [0.2, 0.25) is 0 Å². The van der Waals surface area contributed by atoms with Crippen LogP contribution in [0.15, 0.2) is 58.4 Å². The van der Waals surface area contributed by atoms with Crippen molar-refractivity contribution in [2.45, 2.75) is 36.9 Å². The standard InChI is InChI=1S/C17H20N2OS/c20-17-3-1-2-10-19(17)11-12-21-16-8-4-14(5-9-16)13-18-15-6-7-15/h1-5,8-10,15,18H,6-7,11-13H2. The van der Waals surface area contributed by atoms with Crippen molar-refractivity contribution in [2.24, 2.45) is 0 Å². The molecule has 0 saturated heterocycles. The number of hydrogen-bond acceptors (Lipinski definition) is 3. The lowest BCUT2D eigenvalue weighted by molar-refractivity contribution is 0.687.